The molecule has 2 atom stereocenters. The highest BCUT2D eigenvalue weighted by Crippen LogP contribution is 2.42. The quantitative estimate of drug-likeness (QED) is 0.865. The number of amides is 1. The van der Waals surface area contributed by atoms with Gasteiger partial charge in [0, 0.05) is 31.7 Å². The Morgan fingerprint density at radius 2 is 2.21 bits per heavy atom. The third-order valence-corrected chi connectivity index (χ3v) is 4.89. The number of likely N-dealkylation sites (tertiary alicyclic amines) is 1. The van der Waals surface area contributed by atoms with Crippen molar-refractivity contribution in [3.8, 4) is 11.5 Å². The Bertz CT molecular complexity index is 633. The molecule has 0 bridgehead atoms. The number of ether oxygens (including phenoxy) is 3. The zero-order chi connectivity index (χ0) is 17.2. The number of carbonyl (C=O) groups excluding carboxylic acids is 1. The summed E-state index contributed by atoms with van der Waals surface area (Å²) in [7, 11) is 1.56. The van der Waals surface area contributed by atoms with E-state index in [9.17, 15) is 14.7 Å². The lowest BCUT2D eigenvalue weighted by Crippen LogP contribution is -2.45. The van der Waals surface area contributed by atoms with E-state index in [-0.39, 0.29) is 25.0 Å². The lowest BCUT2D eigenvalue weighted by atomic mass is 9.74. The maximum absolute atomic E-state index is 12.4. The van der Waals surface area contributed by atoms with Gasteiger partial charge in [0.05, 0.1) is 19.1 Å². The molecule has 130 valence electrons. The largest absolute Gasteiger partial charge is 0.497 e. The van der Waals surface area contributed by atoms with Crippen LogP contribution >= 0.6 is 0 Å². The number of carboxylic acids is 1. The van der Waals surface area contributed by atoms with E-state index in [4.69, 9.17) is 14.2 Å². The molecular weight excluding hydrogens is 314 g/mol. The highest BCUT2D eigenvalue weighted by Gasteiger charge is 2.54. The predicted molar refractivity (Wildman–Crippen MR) is 84.1 cm³/mol. The number of methoxy groups -OCH3 is 1. The minimum Gasteiger partial charge on any atom is -0.497 e. The van der Waals surface area contributed by atoms with Gasteiger partial charge in [-0.25, -0.2) is 0 Å². The van der Waals surface area contributed by atoms with Crippen LogP contribution in [-0.4, -0.2) is 61.9 Å². The van der Waals surface area contributed by atoms with Gasteiger partial charge >= 0.3 is 5.97 Å². The lowest BCUT2D eigenvalue weighted by molar-refractivity contribution is -0.157. The molecule has 0 aliphatic carbocycles. The summed E-state index contributed by atoms with van der Waals surface area (Å²) in [5, 5.41) is 9.63. The molecule has 7 nitrogen and oxygen atoms in total. The van der Waals surface area contributed by atoms with E-state index in [1.54, 1.807) is 36.3 Å². The van der Waals surface area contributed by atoms with Crippen LogP contribution in [0.5, 0.6) is 11.5 Å². The van der Waals surface area contributed by atoms with Gasteiger partial charge in [-0.1, -0.05) is 6.07 Å². The summed E-state index contributed by atoms with van der Waals surface area (Å²) in [4.78, 5) is 25.7. The Morgan fingerprint density at radius 3 is 2.92 bits per heavy atom. The van der Waals surface area contributed by atoms with Crippen LogP contribution in [0, 0.1) is 11.3 Å². The normalized spacial score (nSPS) is 25.9. The smallest absolute Gasteiger partial charge is 0.311 e. The maximum Gasteiger partial charge on any atom is 0.311 e. The second kappa shape index (κ2) is 6.68. The second-order valence-corrected chi connectivity index (χ2v) is 6.23. The number of benzene rings is 1. The van der Waals surface area contributed by atoms with E-state index in [2.05, 4.69) is 0 Å². The molecule has 0 unspecified atom stereocenters. The van der Waals surface area contributed by atoms with Gasteiger partial charge in [0.2, 0.25) is 0 Å². The summed E-state index contributed by atoms with van der Waals surface area (Å²) < 4.78 is 16.0. The second-order valence-electron chi connectivity index (χ2n) is 6.23. The predicted octanol–water partition coefficient (Wildman–Crippen LogP) is 1.02. The molecule has 1 aromatic carbocycles. The zero-order valence-corrected chi connectivity index (χ0v) is 13.6. The fourth-order valence-electron chi connectivity index (χ4n) is 3.42. The van der Waals surface area contributed by atoms with Gasteiger partial charge in [0.15, 0.2) is 6.61 Å². The summed E-state index contributed by atoms with van der Waals surface area (Å²) in [5.74, 6) is -0.0399. The first-order valence-electron chi connectivity index (χ1n) is 7.91. The minimum atomic E-state index is -0.885. The highest BCUT2D eigenvalue weighted by atomic mass is 16.5. The number of rotatable bonds is 5. The number of nitrogens with zero attached hydrogens (tertiary/aromatic N) is 1. The molecule has 0 saturated carbocycles. The molecule has 2 aliphatic heterocycles. The highest BCUT2D eigenvalue weighted by molar-refractivity contribution is 5.82. The zero-order valence-electron chi connectivity index (χ0n) is 13.6. The first-order valence-corrected chi connectivity index (χ1v) is 7.91. The van der Waals surface area contributed by atoms with E-state index in [0.29, 0.717) is 37.7 Å². The van der Waals surface area contributed by atoms with E-state index in [0.717, 1.165) is 0 Å². The molecule has 0 aromatic heterocycles. The number of fused-ring (bicyclic) bond motifs is 1. The lowest BCUT2D eigenvalue weighted by Gasteiger charge is -2.33. The van der Waals surface area contributed by atoms with Gasteiger partial charge in [-0.15, -0.1) is 0 Å². The Balaban J connectivity index is 1.62. The molecule has 0 radical (unpaired) electrons. The van der Waals surface area contributed by atoms with Crippen LogP contribution in [0.2, 0.25) is 0 Å². The number of carbonyl (C=O) groups is 2. The van der Waals surface area contributed by atoms with E-state index in [1.165, 1.54) is 0 Å². The minimum absolute atomic E-state index is 0.129. The summed E-state index contributed by atoms with van der Waals surface area (Å²) in [6, 6.07) is 7.01. The van der Waals surface area contributed by atoms with Crippen molar-refractivity contribution in [3.05, 3.63) is 24.3 Å². The Hall–Kier alpha value is -2.28. The van der Waals surface area contributed by atoms with Crippen molar-refractivity contribution in [1.29, 1.82) is 0 Å². The summed E-state index contributed by atoms with van der Waals surface area (Å²) in [6.07, 6.45) is 0.438. The molecule has 1 N–H and O–H groups in total. The molecule has 1 aromatic rings. The maximum atomic E-state index is 12.4. The van der Waals surface area contributed by atoms with Gasteiger partial charge in [-0.05, 0) is 18.6 Å². The van der Waals surface area contributed by atoms with Crippen molar-refractivity contribution in [1.82, 2.24) is 4.90 Å². The molecule has 2 aliphatic rings. The standard InChI is InChI=1S/C17H21NO6/c1-22-13-3-2-4-14(7-13)24-10-15(19)18-8-12-9-23-6-5-17(12,11-18)16(20)21/h2-4,7,12H,5-6,8-11H2,1H3,(H,20,21)/t12-,17+/m0/s1. The van der Waals surface area contributed by atoms with Crippen LogP contribution in [0.1, 0.15) is 6.42 Å². The van der Waals surface area contributed by atoms with Crippen LogP contribution in [0.15, 0.2) is 24.3 Å². The molecule has 3 rings (SSSR count). The van der Waals surface area contributed by atoms with E-state index < -0.39 is 11.4 Å². The fraction of sp³-hybridized carbons (Fsp3) is 0.529. The monoisotopic (exact) mass is 335 g/mol. The average molecular weight is 335 g/mol. The summed E-state index contributed by atoms with van der Waals surface area (Å²) in [5.41, 5.74) is -0.885. The van der Waals surface area contributed by atoms with Gasteiger partial charge in [-0.3, -0.25) is 9.59 Å². The Labute approximate surface area is 140 Å². The SMILES string of the molecule is COc1cccc(OCC(=O)N2C[C@H]3COCC[C@@]3(C(=O)O)C2)c1. The Morgan fingerprint density at radius 1 is 1.42 bits per heavy atom. The first-order chi connectivity index (χ1) is 11.5. The summed E-state index contributed by atoms with van der Waals surface area (Å²) >= 11 is 0. The van der Waals surface area contributed by atoms with Gasteiger partial charge in [-0.2, -0.15) is 0 Å². The molecule has 0 spiro atoms. The molecule has 1 amide bonds. The third-order valence-electron chi connectivity index (χ3n) is 4.89. The van der Waals surface area contributed by atoms with Crippen molar-refractivity contribution >= 4 is 11.9 Å². The first kappa shape index (κ1) is 16.6. The van der Waals surface area contributed by atoms with Crippen LogP contribution in [0.4, 0.5) is 0 Å². The molecule has 2 fully saturated rings. The van der Waals surface area contributed by atoms with Crippen LogP contribution in [-0.2, 0) is 14.3 Å². The number of hydrogen-bond donors (Lipinski definition) is 1. The summed E-state index contributed by atoms with van der Waals surface area (Å²) in [6.45, 7) is 1.29. The van der Waals surface area contributed by atoms with E-state index >= 15 is 0 Å². The van der Waals surface area contributed by atoms with Crippen molar-refractivity contribution in [2.75, 3.05) is 40.0 Å². The van der Waals surface area contributed by atoms with Crippen molar-refractivity contribution < 1.29 is 28.9 Å². The van der Waals surface area contributed by atoms with Gasteiger partial charge < -0.3 is 24.2 Å². The molecular formula is C17H21NO6. The van der Waals surface area contributed by atoms with Crippen molar-refractivity contribution in [2.45, 2.75) is 6.42 Å². The topological polar surface area (TPSA) is 85.3 Å². The third kappa shape index (κ3) is 3.03. The van der Waals surface area contributed by atoms with Crippen LogP contribution < -0.4 is 9.47 Å². The Kier molecular flexibility index (Phi) is 4.62. The fourth-order valence-corrected chi connectivity index (χ4v) is 3.42. The van der Waals surface area contributed by atoms with Crippen LogP contribution in [0.3, 0.4) is 0 Å². The number of aliphatic carboxylic acids is 1. The molecule has 7 heteroatoms. The number of carboxylic acid groups (broad SMARTS) is 1. The number of hydrogen-bond acceptors (Lipinski definition) is 5. The van der Waals surface area contributed by atoms with E-state index in [1.807, 2.05) is 0 Å². The van der Waals surface area contributed by atoms with Crippen molar-refractivity contribution in [2.24, 2.45) is 11.3 Å². The van der Waals surface area contributed by atoms with Crippen molar-refractivity contribution in [3.63, 3.8) is 0 Å². The van der Waals surface area contributed by atoms with Gasteiger partial charge in [0.25, 0.3) is 5.91 Å². The van der Waals surface area contributed by atoms with Crippen LogP contribution in [0.25, 0.3) is 0 Å². The molecule has 24 heavy (non-hydrogen) atoms. The molecule has 2 heterocycles. The average Bonchev–Trinajstić information content (AvgIpc) is 3.01. The molecule has 2 saturated heterocycles. The van der Waals surface area contributed by atoms with Gasteiger partial charge in [0.1, 0.15) is 11.5 Å².